The Labute approximate surface area is 211 Å². The van der Waals surface area contributed by atoms with Gasteiger partial charge in [-0.25, -0.2) is 0 Å². The van der Waals surface area contributed by atoms with E-state index >= 15 is 0 Å². The summed E-state index contributed by atoms with van der Waals surface area (Å²) in [6.07, 6.45) is -0.165. The molecule has 3 fully saturated rings. The average Bonchev–Trinajstić information content (AvgIpc) is 3.43. The van der Waals surface area contributed by atoms with Gasteiger partial charge >= 0.3 is 0 Å². The van der Waals surface area contributed by atoms with Crippen LogP contribution in [0.1, 0.15) is 43.7 Å². The Bertz CT molecular complexity index is 1150. The molecule has 5 rings (SSSR count). The fraction of sp³-hybridized carbons (Fsp3) is 0.538. The SMILES string of the molecule is CC1(C)[C@H](NC(=O)c2ccc(N3CC4CNCC4C3)nn2)C(C)(C)[C@H]1Oc1ccc(C#N)c(Cl)c1. The maximum absolute atomic E-state index is 13.1. The number of fused-ring (bicyclic) bond motifs is 1. The smallest absolute Gasteiger partial charge is 0.272 e. The average molecular weight is 495 g/mol. The molecule has 1 amide bonds. The number of aromatic nitrogens is 2. The molecule has 8 nitrogen and oxygen atoms in total. The minimum atomic E-state index is -0.339. The van der Waals surface area contributed by atoms with Crippen LogP contribution in [-0.4, -0.2) is 54.4 Å². The molecular formula is C26H31ClN6O2. The van der Waals surface area contributed by atoms with Crippen molar-refractivity contribution in [2.24, 2.45) is 22.7 Å². The number of rotatable bonds is 5. The molecule has 0 spiro atoms. The van der Waals surface area contributed by atoms with Crippen LogP contribution >= 0.6 is 11.6 Å². The second-order valence-electron chi connectivity index (χ2n) is 11.2. The number of carbonyl (C=O) groups is 1. The van der Waals surface area contributed by atoms with E-state index in [-0.39, 0.29) is 28.9 Å². The largest absolute Gasteiger partial charge is 0.489 e. The van der Waals surface area contributed by atoms with E-state index in [1.54, 1.807) is 24.3 Å². The molecule has 0 bridgehead atoms. The van der Waals surface area contributed by atoms with Crippen molar-refractivity contribution in [3.8, 4) is 11.8 Å². The van der Waals surface area contributed by atoms with Crippen LogP contribution in [0.3, 0.4) is 0 Å². The normalized spacial score (nSPS) is 28.1. The number of carbonyl (C=O) groups excluding carboxylic acids is 1. The molecule has 1 aromatic carbocycles. The predicted octanol–water partition coefficient (Wildman–Crippen LogP) is 3.27. The third-order valence-electron chi connectivity index (χ3n) is 8.03. The summed E-state index contributed by atoms with van der Waals surface area (Å²) in [6, 6.07) is 10.7. The van der Waals surface area contributed by atoms with Gasteiger partial charge in [-0.3, -0.25) is 4.79 Å². The molecule has 2 saturated heterocycles. The molecule has 9 heteroatoms. The van der Waals surface area contributed by atoms with E-state index < -0.39 is 0 Å². The lowest BCUT2D eigenvalue weighted by Crippen LogP contribution is -2.74. The maximum atomic E-state index is 13.1. The Morgan fingerprint density at radius 2 is 1.83 bits per heavy atom. The number of amides is 1. The van der Waals surface area contributed by atoms with Crippen molar-refractivity contribution in [3.05, 3.63) is 46.6 Å². The summed E-state index contributed by atoms with van der Waals surface area (Å²) >= 11 is 6.18. The molecule has 35 heavy (non-hydrogen) atoms. The first-order valence-corrected chi connectivity index (χ1v) is 12.5. The van der Waals surface area contributed by atoms with Gasteiger partial charge in [-0.1, -0.05) is 39.3 Å². The summed E-state index contributed by atoms with van der Waals surface area (Å²) in [4.78, 5) is 15.3. The molecule has 2 atom stereocenters. The van der Waals surface area contributed by atoms with Crippen molar-refractivity contribution in [1.82, 2.24) is 20.8 Å². The lowest BCUT2D eigenvalue weighted by atomic mass is 9.49. The van der Waals surface area contributed by atoms with Crippen LogP contribution in [0, 0.1) is 34.0 Å². The number of nitrogens with one attached hydrogen (secondary N) is 2. The highest BCUT2D eigenvalue weighted by Gasteiger charge is 2.64. The van der Waals surface area contributed by atoms with Crippen molar-refractivity contribution in [2.75, 3.05) is 31.1 Å². The highest BCUT2D eigenvalue weighted by molar-refractivity contribution is 6.31. The van der Waals surface area contributed by atoms with Gasteiger partial charge in [0.1, 0.15) is 17.9 Å². The number of anilines is 1. The van der Waals surface area contributed by atoms with Crippen LogP contribution < -0.4 is 20.3 Å². The topological polar surface area (TPSA) is 103 Å². The number of hydrogen-bond acceptors (Lipinski definition) is 7. The first kappa shape index (κ1) is 23.8. The molecule has 1 aromatic heterocycles. The third-order valence-corrected chi connectivity index (χ3v) is 8.34. The number of nitriles is 1. The first-order chi connectivity index (χ1) is 16.6. The molecule has 3 aliphatic rings. The Morgan fingerprint density at radius 3 is 2.40 bits per heavy atom. The van der Waals surface area contributed by atoms with Gasteiger partial charge in [-0.2, -0.15) is 5.26 Å². The zero-order valence-corrected chi connectivity index (χ0v) is 21.3. The molecule has 2 aliphatic heterocycles. The highest BCUT2D eigenvalue weighted by atomic mass is 35.5. The molecule has 2 unspecified atom stereocenters. The van der Waals surface area contributed by atoms with E-state index in [4.69, 9.17) is 21.6 Å². The van der Waals surface area contributed by atoms with Crippen LogP contribution in [0.2, 0.25) is 5.02 Å². The van der Waals surface area contributed by atoms with Gasteiger partial charge in [0.2, 0.25) is 0 Å². The van der Waals surface area contributed by atoms with Gasteiger partial charge in [0.15, 0.2) is 11.5 Å². The van der Waals surface area contributed by atoms with Gasteiger partial charge in [0.05, 0.1) is 10.6 Å². The van der Waals surface area contributed by atoms with Crippen LogP contribution in [-0.2, 0) is 0 Å². The number of ether oxygens (including phenoxy) is 1. The zero-order chi connectivity index (χ0) is 25.0. The number of hydrogen-bond donors (Lipinski definition) is 2. The fourth-order valence-corrected chi connectivity index (χ4v) is 6.67. The maximum Gasteiger partial charge on any atom is 0.272 e. The van der Waals surface area contributed by atoms with Gasteiger partial charge in [-0.05, 0) is 36.1 Å². The quantitative estimate of drug-likeness (QED) is 0.657. The lowest BCUT2D eigenvalue weighted by molar-refractivity contribution is -0.164. The van der Waals surface area contributed by atoms with E-state index in [1.165, 1.54) is 0 Å². The van der Waals surface area contributed by atoms with Crippen LogP contribution in [0.15, 0.2) is 30.3 Å². The van der Waals surface area contributed by atoms with E-state index in [0.717, 1.165) is 32.0 Å². The van der Waals surface area contributed by atoms with E-state index in [0.29, 0.717) is 33.9 Å². The third kappa shape index (κ3) is 4.11. The monoisotopic (exact) mass is 494 g/mol. The van der Waals surface area contributed by atoms with Gasteiger partial charge in [0.25, 0.3) is 5.91 Å². The summed E-state index contributed by atoms with van der Waals surface area (Å²) in [5.41, 5.74) is 0.0420. The second kappa shape index (κ2) is 8.65. The van der Waals surface area contributed by atoms with Crippen LogP contribution in [0.4, 0.5) is 5.82 Å². The summed E-state index contributed by atoms with van der Waals surface area (Å²) in [5.74, 6) is 2.53. The van der Waals surface area contributed by atoms with Crippen molar-refractivity contribution in [2.45, 2.75) is 39.8 Å². The Hall–Kier alpha value is -2.89. The molecule has 1 saturated carbocycles. The molecular weight excluding hydrogens is 464 g/mol. The number of benzene rings is 1. The summed E-state index contributed by atoms with van der Waals surface area (Å²) < 4.78 is 6.30. The molecule has 3 heterocycles. The van der Waals surface area contributed by atoms with Crippen molar-refractivity contribution in [3.63, 3.8) is 0 Å². The highest BCUT2D eigenvalue weighted by Crippen LogP contribution is 2.55. The zero-order valence-electron chi connectivity index (χ0n) is 20.5. The van der Waals surface area contributed by atoms with Gasteiger partial charge in [-0.15, -0.1) is 10.2 Å². The number of halogens is 1. The van der Waals surface area contributed by atoms with Gasteiger partial charge < -0.3 is 20.3 Å². The van der Waals surface area contributed by atoms with Gasteiger partial charge in [0, 0.05) is 49.1 Å². The van der Waals surface area contributed by atoms with Crippen molar-refractivity contribution < 1.29 is 9.53 Å². The number of nitrogens with zero attached hydrogens (tertiary/aromatic N) is 4. The Balaban J connectivity index is 1.24. The summed E-state index contributed by atoms with van der Waals surface area (Å²) in [7, 11) is 0. The molecule has 2 N–H and O–H groups in total. The first-order valence-electron chi connectivity index (χ1n) is 12.1. The van der Waals surface area contributed by atoms with E-state index in [2.05, 4.69) is 59.5 Å². The minimum Gasteiger partial charge on any atom is -0.489 e. The van der Waals surface area contributed by atoms with Crippen LogP contribution in [0.25, 0.3) is 0 Å². The fourth-order valence-electron chi connectivity index (χ4n) is 6.46. The predicted molar refractivity (Wildman–Crippen MR) is 133 cm³/mol. The molecule has 184 valence electrons. The standard InChI is InChI=1S/C26H31ClN6O2/c1-25(2)23(26(3,4)24(25)35-18-6-5-15(10-28)19(27)9-18)30-22(34)20-7-8-21(32-31-20)33-13-16-11-29-12-17(16)14-33/h5-9,16-17,23-24,29H,11-14H2,1-4H3,(H,30,34)/t16?,17?,23-,24-. The summed E-state index contributed by atoms with van der Waals surface area (Å²) in [5, 5.41) is 24.7. The molecule has 1 aliphatic carbocycles. The Morgan fingerprint density at radius 1 is 1.14 bits per heavy atom. The lowest BCUT2D eigenvalue weighted by Gasteiger charge is -2.63. The van der Waals surface area contributed by atoms with Crippen LogP contribution in [0.5, 0.6) is 5.75 Å². The van der Waals surface area contributed by atoms with Crippen molar-refractivity contribution in [1.29, 1.82) is 5.26 Å². The Kier molecular flexibility index (Phi) is 5.89. The molecule has 2 aromatic rings. The summed E-state index contributed by atoms with van der Waals surface area (Å²) in [6.45, 7) is 12.4. The van der Waals surface area contributed by atoms with E-state index in [1.807, 2.05) is 6.07 Å². The minimum absolute atomic E-state index is 0.131. The molecule has 0 radical (unpaired) electrons. The second-order valence-corrected chi connectivity index (χ2v) is 11.6. The van der Waals surface area contributed by atoms with E-state index in [9.17, 15) is 4.79 Å². The van der Waals surface area contributed by atoms with Crippen molar-refractivity contribution >= 4 is 23.3 Å².